The molecular formula is C10H8FN3S. The van der Waals surface area contributed by atoms with Crippen LogP contribution in [0.15, 0.2) is 28.1 Å². The van der Waals surface area contributed by atoms with Gasteiger partial charge >= 0.3 is 0 Å². The number of nitrogens with zero attached hydrogens (tertiary/aromatic N) is 2. The fourth-order valence-electron chi connectivity index (χ4n) is 1.80. The van der Waals surface area contributed by atoms with Gasteiger partial charge in [-0.05, 0) is 18.2 Å². The summed E-state index contributed by atoms with van der Waals surface area (Å²) in [6, 6.07) is 4.62. The molecule has 0 amide bonds. The quantitative estimate of drug-likeness (QED) is 0.727. The Hall–Kier alpha value is -1.36. The van der Waals surface area contributed by atoms with E-state index in [-0.39, 0.29) is 5.82 Å². The molecule has 0 bridgehead atoms. The number of fused-ring (bicyclic) bond motifs is 3. The predicted molar refractivity (Wildman–Crippen MR) is 58.1 cm³/mol. The second-order valence-corrected chi connectivity index (χ2v) is 4.44. The number of thioether (sulfide) groups is 1. The Kier molecular flexibility index (Phi) is 1.82. The molecule has 15 heavy (non-hydrogen) atoms. The summed E-state index contributed by atoms with van der Waals surface area (Å²) in [6.07, 6.45) is 0. The van der Waals surface area contributed by atoms with E-state index in [4.69, 9.17) is 5.41 Å². The van der Waals surface area contributed by atoms with E-state index in [1.54, 1.807) is 6.07 Å². The second-order valence-electron chi connectivity index (χ2n) is 3.40. The van der Waals surface area contributed by atoms with Crippen LogP contribution in [-0.4, -0.2) is 29.0 Å². The summed E-state index contributed by atoms with van der Waals surface area (Å²) in [5.41, 5.74) is 0.813. The highest BCUT2D eigenvalue weighted by molar-refractivity contribution is 8.14. The van der Waals surface area contributed by atoms with Crippen molar-refractivity contribution in [1.82, 2.24) is 4.90 Å². The summed E-state index contributed by atoms with van der Waals surface area (Å²) in [6.45, 7) is 1.42. The lowest BCUT2D eigenvalue weighted by atomic mass is 10.2. The minimum absolute atomic E-state index is 0.252. The van der Waals surface area contributed by atoms with Crippen molar-refractivity contribution in [3.05, 3.63) is 29.6 Å². The zero-order valence-corrected chi connectivity index (χ0v) is 8.64. The van der Waals surface area contributed by atoms with Crippen LogP contribution >= 0.6 is 11.8 Å². The molecule has 2 aliphatic heterocycles. The van der Waals surface area contributed by atoms with Gasteiger partial charge in [-0.25, -0.2) is 4.39 Å². The van der Waals surface area contributed by atoms with Gasteiger partial charge in [-0.3, -0.25) is 10.4 Å². The first-order chi connectivity index (χ1) is 7.25. The topological polar surface area (TPSA) is 39.5 Å². The molecule has 0 unspecified atom stereocenters. The van der Waals surface area contributed by atoms with Gasteiger partial charge in [0.15, 0.2) is 5.17 Å². The van der Waals surface area contributed by atoms with Crippen molar-refractivity contribution in [2.45, 2.75) is 4.90 Å². The van der Waals surface area contributed by atoms with Gasteiger partial charge in [0, 0.05) is 17.0 Å². The molecule has 76 valence electrons. The van der Waals surface area contributed by atoms with Crippen LogP contribution in [0.1, 0.15) is 5.56 Å². The van der Waals surface area contributed by atoms with Crippen molar-refractivity contribution in [2.75, 3.05) is 13.1 Å². The van der Waals surface area contributed by atoms with Gasteiger partial charge in [-0.2, -0.15) is 0 Å². The number of nitrogens with one attached hydrogen (secondary N) is 1. The first-order valence-corrected chi connectivity index (χ1v) is 5.46. The highest BCUT2D eigenvalue weighted by Crippen LogP contribution is 2.33. The summed E-state index contributed by atoms with van der Waals surface area (Å²) >= 11 is 1.36. The van der Waals surface area contributed by atoms with Crippen LogP contribution in [0.2, 0.25) is 0 Å². The molecule has 5 heteroatoms. The standard InChI is InChI=1S/C10H8FN3S/c11-6-1-2-8-7(5-6)9-13-3-4-14(9)10(12)15-8/h1-2,5,12H,3-4H2. The van der Waals surface area contributed by atoms with Gasteiger partial charge in [0.25, 0.3) is 0 Å². The van der Waals surface area contributed by atoms with E-state index < -0.39 is 0 Å². The van der Waals surface area contributed by atoms with Gasteiger partial charge < -0.3 is 4.90 Å². The number of amidine groups is 2. The van der Waals surface area contributed by atoms with E-state index in [1.807, 2.05) is 4.90 Å². The van der Waals surface area contributed by atoms with Crippen molar-refractivity contribution in [3.8, 4) is 0 Å². The molecule has 0 saturated heterocycles. The molecule has 3 nitrogen and oxygen atoms in total. The highest BCUT2D eigenvalue weighted by Gasteiger charge is 2.30. The second kappa shape index (κ2) is 3.06. The van der Waals surface area contributed by atoms with E-state index in [1.165, 1.54) is 23.9 Å². The van der Waals surface area contributed by atoms with E-state index in [9.17, 15) is 4.39 Å². The first kappa shape index (κ1) is 8.91. The van der Waals surface area contributed by atoms with E-state index in [0.717, 1.165) is 22.8 Å². The summed E-state index contributed by atoms with van der Waals surface area (Å²) < 4.78 is 13.1. The maximum Gasteiger partial charge on any atom is 0.167 e. The molecule has 2 aliphatic rings. The van der Waals surface area contributed by atoms with Crippen LogP contribution in [0.4, 0.5) is 4.39 Å². The zero-order valence-electron chi connectivity index (χ0n) is 7.83. The Morgan fingerprint density at radius 2 is 2.33 bits per heavy atom. The summed E-state index contributed by atoms with van der Waals surface area (Å²) in [4.78, 5) is 7.05. The highest BCUT2D eigenvalue weighted by atomic mass is 32.2. The zero-order chi connectivity index (χ0) is 10.4. The minimum atomic E-state index is -0.252. The number of halogens is 1. The Bertz CT molecular complexity index is 484. The third-order valence-electron chi connectivity index (χ3n) is 2.48. The number of hydrogen-bond acceptors (Lipinski definition) is 3. The lowest BCUT2D eigenvalue weighted by Gasteiger charge is -2.26. The fraction of sp³-hybridized carbons (Fsp3) is 0.200. The molecule has 0 saturated carbocycles. The van der Waals surface area contributed by atoms with Crippen molar-refractivity contribution >= 4 is 22.8 Å². The average molecular weight is 221 g/mol. The molecule has 1 aromatic carbocycles. The largest absolute Gasteiger partial charge is 0.304 e. The van der Waals surface area contributed by atoms with Crippen LogP contribution in [0.25, 0.3) is 0 Å². The van der Waals surface area contributed by atoms with Crippen LogP contribution in [0.3, 0.4) is 0 Å². The lowest BCUT2D eigenvalue weighted by Crippen LogP contribution is -2.35. The predicted octanol–water partition coefficient (Wildman–Crippen LogP) is 1.93. The number of hydrogen-bond donors (Lipinski definition) is 1. The van der Waals surface area contributed by atoms with Crippen LogP contribution in [0.5, 0.6) is 0 Å². The van der Waals surface area contributed by atoms with Crippen LogP contribution in [0, 0.1) is 11.2 Å². The third-order valence-corrected chi connectivity index (χ3v) is 3.46. The molecule has 1 N–H and O–H groups in total. The Morgan fingerprint density at radius 3 is 3.20 bits per heavy atom. The van der Waals surface area contributed by atoms with Crippen molar-refractivity contribution < 1.29 is 4.39 Å². The van der Waals surface area contributed by atoms with Crippen molar-refractivity contribution in [2.24, 2.45) is 4.99 Å². The molecule has 0 spiro atoms. The summed E-state index contributed by atoms with van der Waals surface area (Å²) in [5, 5.41) is 8.29. The number of aliphatic imine (C=N–C) groups is 1. The Balaban J connectivity index is 2.20. The first-order valence-electron chi connectivity index (χ1n) is 4.64. The number of rotatable bonds is 0. The molecule has 3 rings (SSSR count). The fourth-order valence-corrected chi connectivity index (χ4v) is 2.69. The molecule has 0 aliphatic carbocycles. The van der Waals surface area contributed by atoms with Gasteiger partial charge in [0.1, 0.15) is 11.7 Å². The molecule has 1 aromatic rings. The van der Waals surface area contributed by atoms with Crippen molar-refractivity contribution in [1.29, 1.82) is 5.41 Å². The maximum atomic E-state index is 13.1. The summed E-state index contributed by atoms with van der Waals surface area (Å²) in [5.74, 6) is 0.491. The van der Waals surface area contributed by atoms with Crippen molar-refractivity contribution in [3.63, 3.8) is 0 Å². The average Bonchev–Trinajstić information content (AvgIpc) is 2.69. The Labute approximate surface area is 90.5 Å². The Morgan fingerprint density at radius 1 is 1.47 bits per heavy atom. The molecule has 0 fully saturated rings. The van der Waals surface area contributed by atoms with Gasteiger partial charge in [-0.1, -0.05) is 11.8 Å². The molecule has 0 aromatic heterocycles. The van der Waals surface area contributed by atoms with Gasteiger partial charge in [0.2, 0.25) is 0 Å². The summed E-state index contributed by atoms with van der Waals surface area (Å²) in [7, 11) is 0. The molecular weight excluding hydrogens is 213 g/mol. The molecule has 0 radical (unpaired) electrons. The van der Waals surface area contributed by atoms with E-state index >= 15 is 0 Å². The van der Waals surface area contributed by atoms with E-state index in [0.29, 0.717) is 11.7 Å². The normalized spacial score (nSPS) is 18.6. The van der Waals surface area contributed by atoms with E-state index in [2.05, 4.69) is 4.99 Å². The maximum absolute atomic E-state index is 13.1. The van der Waals surface area contributed by atoms with Gasteiger partial charge in [0.05, 0.1) is 6.54 Å². The molecule has 2 heterocycles. The minimum Gasteiger partial charge on any atom is -0.304 e. The van der Waals surface area contributed by atoms with Crippen LogP contribution < -0.4 is 0 Å². The SMILES string of the molecule is N=C1Sc2ccc(F)cc2C2=NCCN12. The monoisotopic (exact) mass is 221 g/mol. The smallest absolute Gasteiger partial charge is 0.167 e. The third kappa shape index (κ3) is 1.26. The van der Waals surface area contributed by atoms with Gasteiger partial charge in [-0.15, -0.1) is 0 Å². The van der Waals surface area contributed by atoms with Crippen LogP contribution in [-0.2, 0) is 0 Å². The lowest BCUT2D eigenvalue weighted by molar-refractivity contribution is 0.623. The molecule has 0 atom stereocenters. The number of benzene rings is 1.